The van der Waals surface area contributed by atoms with Gasteiger partial charge in [0, 0.05) is 60.5 Å². The van der Waals surface area contributed by atoms with E-state index in [-0.39, 0.29) is 23.1 Å². The molecule has 0 saturated carbocycles. The van der Waals surface area contributed by atoms with Crippen LogP contribution in [0.4, 0.5) is 11.4 Å². The van der Waals surface area contributed by atoms with Crippen LogP contribution in [0, 0.1) is 0 Å². The van der Waals surface area contributed by atoms with Gasteiger partial charge in [-0.25, -0.2) is 0 Å². The van der Waals surface area contributed by atoms with Crippen molar-refractivity contribution in [2.24, 2.45) is 0 Å². The van der Waals surface area contributed by atoms with Gasteiger partial charge in [-0.15, -0.1) is 0 Å². The number of furan rings is 2. The van der Waals surface area contributed by atoms with Gasteiger partial charge in [0.25, 0.3) is 5.78 Å². The molecule has 4 aromatic rings. The number of anilines is 2. The third-order valence-corrected chi connectivity index (χ3v) is 6.47. The number of hydrogen-bond acceptors (Lipinski definition) is 6. The van der Waals surface area contributed by atoms with Crippen LogP contribution in [0.3, 0.4) is 0 Å². The van der Waals surface area contributed by atoms with Crippen LogP contribution < -0.4 is 9.80 Å². The summed E-state index contributed by atoms with van der Waals surface area (Å²) in [6.45, 7) is 11.8. The van der Waals surface area contributed by atoms with Crippen LogP contribution in [-0.2, 0) is 0 Å². The molecule has 0 radical (unpaired) electrons. The molecule has 0 bridgehead atoms. The van der Waals surface area contributed by atoms with Crippen molar-refractivity contribution < 1.29 is 18.4 Å². The van der Waals surface area contributed by atoms with Gasteiger partial charge in [-0.3, -0.25) is 9.59 Å². The van der Waals surface area contributed by atoms with Gasteiger partial charge in [-0.1, -0.05) is 0 Å². The number of hydrogen-bond donors (Lipinski definition) is 0. The summed E-state index contributed by atoms with van der Waals surface area (Å²) in [6.07, 6.45) is 0. The molecule has 2 heterocycles. The Morgan fingerprint density at radius 1 is 0.625 bits per heavy atom. The second kappa shape index (κ2) is 7.55. The fourth-order valence-corrected chi connectivity index (χ4v) is 4.74. The quantitative estimate of drug-likeness (QED) is 0.347. The lowest BCUT2D eigenvalue weighted by molar-refractivity contribution is 0.0943. The van der Waals surface area contributed by atoms with Crippen LogP contribution in [-0.4, -0.2) is 37.7 Å². The highest BCUT2D eigenvalue weighted by atomic mass is 16.4. The van der Waals surface area contributed by atoms with Crippen LogP contribution in [0.25, 0.3) is 21.9 Å². The maximum atomic E-state index is 13.6. The first kappa shape index (κ1) is 20.4. The number of fused-ring (bicyclic) bond motifs is 6. The smallest absolute Gasteiger partial charge is 0.264 e. The Labute approximate surface area is 186 Å². The van der Waals surface area contributed by atoms with Crippen molar-refractivity contribution in [2.75, 3.05) is 36.0 Å². The van der Waals surface area contributed by atoms with Gasteiger partial charge in [-0.2, -0.15) is 0 Å². The summed E-state index contributed by atoms with van der Waals surface area (Å²) in [6, 6.07) is 11.5. The summed E-state index contributed by atoms with van der Waals surface area (Å²) in [4.78, 5) is 31.2. The van der Waals surface area contributed by atoms with E-state index in [4.69, 9.17) is 8.83 Å². The molecule has 6 nitrogen and oxygen atoms in total. The van der Waals surface area contributed by atoms with Crippen LogP contribution in [0.15, 0.2) is 45.2 Å². The molecule has 5 rings (SSSR count). The first-order chi connectivity index (χ1) is 15.5. The van der Waals surface area contributed by atoms with E-state index >= 15 is 0 Å². The van der Waals surface area contributed by atoms with E-state index in [0.717, 1.165) is 37.6 Å². The van der Waals surface area contributed by atoms with E-state index in [9.17, 15) is 9.59 Å². The van der Waals surface area contributed by atoms with E-state index in [2.05, 4.69) is 37.5 Å². The number of rotatable bonds is 6. The molecule has 0 N–H and O–H groups in total. The van der Waals surface area contributed by atoms with Crippen molar-refractivity contribution in [2.45, 2.75) is 27.7 Å². The van der Waals surface area contributed by atoms with Crippen molar-refractivity contribution in [1.29, 1.82) is 0 Å². The first-order valence-electron chi connectivity index (χ1n) is 11.2. The normalized spacial score (nSPS) is 13.0. The zero-order valence-corrected chi connectivity index (χ0v) is 18.8. The highest BCUT2D eigenvalue weighted by Gasteiger charge is 2.39. The highest BCUT2D eigenvalue weighted by Crippen LogP contribution is 2.40. The van der Waals surface area contributed by atoms with Crippen molar-refractivity contribution in [3.8, 4) is 0 Å². The molecule has 0 saturated heterocycles. The lowest BCUT2D eigenvalue weighted by Gasteiger charge is -2.20. The molecule has 0 spiro atoms. The molecule has 1 aliphatic rings. The Bertz CT molecular complexity index is 1270. The van der Waals surface area contributed by atoms with Gasteiger partial charge in [-0.05, 0) is 52.0 Å². The summed E-state index contributed by atoms with van der Waals surface area (Å²) in [5, 5.41) is 1.32. The average molecular weight is 431 g/mol. The number of nitrogens with zero attached hydrogens (tertiary/aromatic N) is 2. The summed E-state index contributed by atoms with van der Waals surface area (Å²) in [7, 11) is 0. The van der Waals surface area contributed by atoms with E-state index in [1.165, 1.54) is 0 Å². The van der Waals surface area contributed by atoms with Crippen molar-refractivity contribution in [3.63, 3.8) is 0 Å². The largest absolute Gasteiger partial charge is 0.452 e. The summed E-state index contributed by atoms with van der Waals surface area (Å²) >= 11 is 0. The third kappa shape index (κ3) is 2.79. The fraction of sp³-hybridized carbons (Fsp3) is 0.308. The van der Waals surface area contributed by atoms with E-state index in [1.807, 2.05) is 36.4 Å². The number of ketones is 2. The lowest BCUT2D eigenvalue weighted by atomic mass is 9.90. The Balaban J connectivity index is 1.66. The van der Waals surface area contributed by atoms with Gasteiger partial charge in [0.15, 0.2) is 11.5 Å². The predicted octanol–water partition coefficient (Wildman–Crippen LogP) is 5.65. The molecule has 2 aromatic carbocycles. The monoisotopic (exact) mass is 430 g/mol. The number of carbonyl (C=O) groups is 2. The zero-order chi connectivity index (χ0) is 22.6. The molecular formula is C26H26N2O4. The van der Waals surface area contributed by atoms with Gasteiger partial charge in [0.05, 0.1) is 11.1 Å². The molecule has 32 heavy (non-hydrogen) atoms. The van der Waals surface area contributed by atoms with Gasteiger partial charge < -0.3 is 18.6 Å². The molecule has 0 unspecified atom stereocenters. The number of benzene rings is 2. The first-order valence-corrected chi connectivity index (χ1v) is 11.2. The molecule has 0 atom stereocenters. The molecule has 0 aliphatic heterocycles. The lowest BCUT2D eigenvalue weighted by Crippen LogP contribution is -2.21. The Hall–Kier alpha value is -3.54. The van der Waals surface area contributed by atoms with E-state index < -0.39 is 0 Å². The standard InChI is InChI=1S/C26H26N2O4/c1-5-27(6-2)15-9-11-17-19(13-15)31-25-21(17)23(29)22-18-12-10-16(28(7-3)8-4)14-20(18)32-26(22)24(25)30/h9-14H,5-8H2,1-4H3. The molecule has 6 heteroatoms. The number of carbonyl (C=O) groups excluding carboxylic acids is 2. The van der Waals surface area contributed by atoms with E-state index in [0.29, 0.717) is 33.1 Å². The molecule has 0 amide bonds. The minimum atomic E-state index is -0.379. The van der Waals surface area contributed by atoms with Crippen LogP contribution in [0.2, 0.25) is 0 Å². The van der Waals surface area contributed by atoms with Crippen molar-refractivity contribution in [3.05, 3.63) is 59.0 Å². The summed E-state index contributed by atoms with van der Waals surface area (Å²) < 4.78 is 11.9. The Kier molecular flexibility index (Phi) is 4.81. The molecular weight excluding hydrogens is 404 g/mol. The highest BCUT2D eigenvalue weighted by molar-refractivity contribution is 6.34. The maximum Gasteiger partial charge on any atom is 0.264 e. The SMILES string of the molecule is CCN(CC)c1ccc2c3c(oc2c1)C(=O)c1oc2cc(N(CC)CC)ccc2c1C3=O. The molecule has 164 valence electrons. The van der Waals surface area contributed by atoms with Gasteiger partial charge in [0.2, 0.25) is 5.78 Å². The third-order valence-electron chi connectivity index (χ3n) is 6.47. The van der Waals surface area contributed by atoms with Crippen LogP contribution in [0.1, 0.15) is 59.9 Å². The van der Waals surface area contributed by atoms with Gasteiger partial charge in [0.1, 0.15) is 11.2 Å². The molecule has 2 aromatic heterocycles. The minimum absolute atomic E-state index is 0.0669. The molecule has 0 fully saturated rings. The van der Waals surface area contributed by atoms with Crippen LogP contribution in [0.5, 0.6) is 0 Å². The topological polar surface area (TPSA) is 66.9 Å². The Morgan fingerprint density at radius 2 is 1.03 bits per heavy atom. The van der Waals surface area contributed by atoms with E-state index in [1.54, 1.807) is 0 Å². The van der Waals surface area contributed by atoms with Crippen molar-refractivity contribution >= 4 is 44.9 Å². The summed E-state index contributed by atoms with van der Waals surface area (Å²) in [5.74, 6) is -0.469. The van der Waals surface area contributed by atoms with Gasteiger partial charge >= 0.3 is 0 Å². The Morgan fingerprint density at radius 3 is 1.41 bits per heavy atom. The van der Waals surface area contributed by atoms with Crippen LogP contribution >= 0.6 is 0 Å². The fourth-order valence-electron chi connectivity index (χ4n) is 4.74. The molecule has 1 aliphatic carbocycles. The zero-order valence-electron chi connectivity index (χ0n) is 18.8. The predicted molar refractivity (Wildman–Crippen MR) is 126 cm³/mol. The second-order valence-electron chi connectivity index (χ2n) is 7.98. The average Bonchev–Trinajstić information content (AvgIpc) is 3.38. The summed E-state index contributed by atoms with van der Waals surface area (Å²) in [5.41, 5.74) is 3.75. The van der Waals surface area contributed by atoms with Crippen molar-refractivity contribution in [1.82, 2.24) is 0 Å². The minimum Gasteiger partial charge on any atom is -0.452 e. The maximum absolute atomic E-state index is 13.6. The second-order valence-corrected chi connectivity index (χ2v) is 7.98.